The molecule has 158 valence electrons. The smallest absolute Gasteiger partial charge is 0.306 e. The molecule has 3 rings (SSSR count). The second-order valence-corrected chi connectivity index (χ2v) is 9.21. The molecule has 0 fully saturated rings. The van der Waals surface area contributed by atoms with Crippen LogP contribution in [0.1, 0.15) is 46.2 Å². The van der Waals surface area contributed by atoms with Gasteiger partial charge in [-0.2, -0.15) is 0 Å². The molecule has 0 saturated carbocycles. The summed E-state index contributed by atoms with van der Waals surface area (Å²) in [5.41, 5.74) is 0.617. The molecule has 0 saturated heterocycles. The van der Waals surface area contributed by atoms with E-state index >= 15 is 0 Å². The summed E-state index contributed by atoms with van der Waals surface area (Å²) in [7, 11) is -3.87. The summed E-state index contributed by atoms with van der Waals surface area (Å²) in [4.78, 5) is 31.4. The van der Waals surface area contributed by atoms with Crippen LogP contribution in [0, 0.1) is 0 Å². The molecule has 0 spiro atoms. The highest BCUT2D eigenvalue weighted by Gasteiger charge is 2.46. The van der Waals surface area contributed by atoms with Gasteiger partial charge in [-0.05, 0) is 37.6 Å². The molecule has 1 aromatic carbocycles. The lowest BCUT2D eigenvalue weighted by atomic mass is 10.1. The quantitative estimate of drug-likeness (QED) is 0.375. The van der Waals surface area contributed by atoms with Crippen LogP contribution >= 0.6 is 30.8 Å². The first-order chi connectivity index (χ1) is 14.2. The topological polar surface area (TPSA) is 85.8 Å². The summed E-state index contributed by atoms with van der Waals surface area (Å²) in [5, 5.41) is 0.236. The molecule has 0 radical (unpaired) electrons. The van der Waals surface area contributed by atoms with Gasteiger partial charge in [0.25, 0.3) is 11.8 Å². The fraction of sp³-hybridized carbons (Fsp3) is 0.250. The predicted octanol–water partition coefficient (Wildman–Crippen LogP) is 5.51. The maximum atomic E-state index is 13.4. The van der Waals surface area contributed by atoms with E-state index in [1.807, 2.05) is 0 Å². The molecule has 10 heteroatoms. The summed E-state index contributed by atoms with van der Waals surface area (Å²) in [6, 6.07) is 4.83. The number of carbonyl (C=O) groups excluding carboxylic acids is 2. The Morgan fingerprint density at radius 1 is 1.13 bits per heavy atom. The second-order valence-electron chi connectivity index (χ2n) is 6.31. The van der Waals surface area contributed by atoms with Crippen LogP contribution in [0.25, 0.3) is 0 Å². The van der Waals surface area contributed by atoms with Crippen molar-refractivity contribution in [3.63, 3.8) is 0 Å². The molecule has 1 aliphatic rings. The first-order valence-corrected chi connectivity index (χ1v) is 11.4. The zero-order valence-corrected chi connectivity index (χ0v) is 18.7. The Morgan fingerprint density at radius 3 is 2.10 bits per heavy atom. The Labute approximate surface area is 184 Å². The number of nitrogens with zero attached hydrogens (tertiary/aromatic N) is 2. The molecule has 0 N–H and O–H groups in total. The van der Waals surface area contributed by atoms with Crippen LogP contribution in [0.5, 0.6) is 0 Å². The van der Waals surface area contributed by atoms with Gasteiger partial charge in [-0.1, -0.05) is 35.8 Å². The molecular formula is C20H19Cl2N2O5P. The van der Waals surface area contributed by atoms with Crippen LogP contribution in [0.15, 0.2) is 48.6 Å². The van der Waals surface area contributed by atoms with Gasteiger partial charge in [-0.3, -0.25) is 24.0 Å². The van der Waals surface area contributed by atoms with Gasteiger partial charge in [0, 0.05) is 12.4 Å². The molecule has 30 heavy (non-hydrogen) atoms. The fourth-order valence-electron chi connectivity index (χ4n) is 3.21. The van der Waals surface area contributed by atoms with Gasteiger partial charge >= 0.3 is 7.60 Å². The zero-order chi connectivity index (χ0) is 22.1. The molecule has 0 bridgehead atoms. The van der Waals surface area contributed by atoms with Crippen molar-refractivity contribution in [2.75, 3.05) is 13.2 Å². The molecular weight excluding hydrogens is 450 g/mol. The lowest BCUT2D eigenvalue weighted by molar-refractivity contribution is 0.0608. The number of amides is 2. The largest absolute Gasteiger partial charge is 0.359 e. The summed E-state index contributed by atoms with van der Waals surface area (Å²) < 4.78 is 24.2. The summed E-state index contributed by atoms with van der Waals surface area (Å²) in [6.45, 7) is 7.40. The van der Waals surface area contributed by atoms with Crippen molar-refractivity contribution >= 4 is 42.6 Å². The van der Waals surface area contributed by atoms with Crippen LogP contribution < -0.4 is 0 Å². The van der Waals surface area contributed by atoms with Crippen molar-refractivity contribution in [1.29, 1.82) is 0 Å². The Balaban J connectivity index is 2.15. The third kappa shape index (κ3) is 3.96. The number of fused-ring (bicyclic) bond motifs is 1. The van der Waals surface area contributed by atoms with E-state index in [0.29, 0.717) is 5.56 Å². The average Bonchev–Trinajstić information content (AvgIpc) is 2.94. The normalized spacial score (nSPS) is 14.7. The Morgan fingerprint density at radius 2 is 1.67 bits per heavy atom. The molecule has 2 aromatic rings. The van der Waals surface area contributed by atoms with Gasteiger partial charge in [-0.15, -0.1) is 0 Å². The van der Waals surface area contributed by atoms with Crippen molar-refractivity contribution in [2.45, 2.75) is 19.9 Å². The number of pyridine rings is 1. The lowest BCUT2D eigenvalue weighted by Crippen LogP contribution is -2.35. The van der Waals surface area contributed by atoms with Gasteiger partial charge in [0.05, 0.1) is 45.7 Å². The van der Waals surface area contributed by atoms with Crippen molar-refractivity contribution in [1.82, 2.24) is 9.88 Å². The van der Waals surface area contributed by atoms with Gasteiger partial charge in [-0.25, -0.2) is 0 Å². The van der Waals surface area contributed by atoms with Crippen LogP contribution in [0.3, 0.4) is 0 Å². The summed E-state index contributed by atoms with van der Waals surface area (Å²) in [5.74, 6) is -1.24. The van der Waals surface area contributed by atoms with E-state index in [0.717, 1.165) is 4.90 Å². The molecule has 2 heterocycles. The molecule has 0 aliphatic carbocycles. The lowest BCUT2D eigenvalue weighted by Gasteiger charge is -2.31. The Hall–Kier alpha value is -2.02. The van der Waals surface area contributed by atoms with Crippen molar-refractivity contribution < 1.29 is 23.2 Å². The third-order valence-corrected chi connectivity index (χ3v) is 7.35. The minimum absolute atomic E-state index is 0.0501. The third-order valence-electron chi connectivity index (χ3n) is 4.48. The number of hydrogen-bond donors (Lipinski definition) is 0. The molecule has 2 amide bonds. The van der Waals surface area contributed by atoms with E-state index in [-0.39, 0.29) is 39.7 Å². The SMILES string of the molecule is C=C(C(c1cccnc1)N1C(=O)c2cc(Cl)c(Cl)cc2C1=O)P(=O)(OCC)OCC. The first kappa shape index (κ1) is 22.7. The van der Waals surface area contributed by atoms with Crippen molar-refractivity contribution in [3.8, 4) is 0 Å². The number of carbonyl (C=O) groups is 2. The maximum absolute atomic E-state index is 13.4. The van der Waals surface area contributed by atoms with E-state index in [1.54, 1.807) is 26.0 Å². The fourth-order valence-corrected chi connectivity index (χ4v) is 5.19. The first-order valence-electron chi connectivity index (χ1n) is 9.10. The second kappa shape index (κ2) is 9.00. The zero-order valence-electron chi connectivity index (χ0n) is 16.3. The number of halogens is 2. The molecule has 1 atom stereocenters. The maximum Gasteiger partial charge on any atom is 0.359 e. The van der Waals surface area contributed by atoms with Crippen molar-refractivity contribution in [3.05, 3.63) is 75.3 Å². The summed E-state index contributed by atoms with van der Waals surface area (Å²) >= 11 is 12.1. The van der Waals surface area contributed by atoms with Crippen molar-refractivity contribution in [2.24, 2.45) is 0 Å². The number of hydrogen-bond acceptors (Lipinski definition) is 6. The minimum Gasteiger partial charge on any atom is -0.306 e. The Bertz CT molecular complexity index is 1010. The van der Waals surface area contributed by atoms with Crippen LogP contribution in [0.2, 0.25) is 10.0 Å². The standard InChI is InChI=1S/C20H19Cl2N2O5P/c1-4-28-30(27,29-5-2)12(3)18(13-7-6-8-23-11-13)24-19(25)14-9-16(21)17(22)10-15(14)20(24)26/h6-11,18H,3-5H2,1-2H3. The van der Waals surface area contributed by atoms with Gasteiger partial charge in [0.2, 0.25) is 0 Å². The van der Waals surface area contributed by atoms with Gasteiger partial charge in [0.1, 0.15) is 0 Å². The number of imide groups is 1. The highest BCUT2D eigenvalue weighted by Crippen LogP contribution is 2.61. The van der Waals surface area contributed by atoms with E-state index in [9.17, 15) is 14.2 Å². The molecule has 1 aromatic heterocycles. The predicted molar refractivity (Wildman–Crippen MR) is 114 cm³/mol. The minimum atomic E-state index is -3.87. The molecule has 7 nitrogen and oxygen atoms in total. The van der Waals surface area contributed by atoms with E-state index < -0.39 is 25.5 Å². The molecule has 1 aliphatic heterocycles. The van der Waals surface area contributed by atoms with Crippen LogP contribution in [-0.2, 0) is 13.6 Å². The van der Waals surface area contributed by atoms with E-state index in [4.69, 9.17) is 32.2 Å². The van der Waals surface area contributed by atoms with E-state index in [2.05, 4.69) is 11.6 Å². The number of benzene rings is 1. The van der Waals surface area contributed by atoms with Gasteiger partial charge in [0.15, 0.2) is 0 Å². The van der Waals surface area contributed by atoms with Crippen LogP contribution in [0.4, 0.5) is 0 Å². The van der Waals surface area contributed by atoms with E-state index in [1.165, 1.54) is 24.5 Å². The average molecular weight is 469 g/mol. The Kier molecular flexibility index (Phi) is 6.80. The van der Waals surface area contributed by atoms with Crippen LogP contribution in [-0.4, -0.2) is 34.9 Å². The highest BCUT2D eigenvalue weighted by molar-refractivity contribution is 7.58. The summed E-state index contributed by atoms with van der Waals surface area (Å²) in [6.07, 6.45) is 3.00. The highest BCUT2D eigenvalue weighted by atomic mass is 35.5. The number of rotatable bonds is 8. The monoisotopic (exact) mass is 468 g/mol. The molecule has 1 unspecified atom stereocenters. The number of aromatic nitrogens is 1. The van der Waals surface area contributed by atoms with Gasteiger partial charge < -0.3 is 9.05 Å².